The molecule has 0 unspecified atom stereocenters. The molecule has 7 heteroatoms. The Morgan fingerprint density at radius 1 is 1.17 bits per heavy atom. The van der Waals surface area contributed by atoms with E-state index in [2.05, 4.69) is 27.5 Å². The lowest BCUT2D eigenvalue weighted by atomic mass is 10.1. The summed E-state index contributed by atoms with van der Waals surface area (Å²) in [5, 5.41) is 8.68. The summed E-state index contributed by atoms with van der Waals surface area (Å²) >= 11 is 6.39. The molecule has 0 bridgehead atoms. The van der Waals surface area contributed by atoms with Crippen molar-refractivity contribution in [1.29, 1.82) is 0 Å². The van der Waals surface area contributed by atoms with E-state index in [4.69, 9.17) is 16.3 Å². The summed E-state index contributed by atoms with van der Waals surface area (Å²) < 4.78 is 6.79. The van der Waals surface area contributed by atoms with Crippen molar-refractivity contribution >= 4 is 28.8 Å². The van der Waals surface area contributed by atoms with Crippen LogP contribution in [0.4, 0.5) is 5.69 Å². The van der Waals surface area contributed by atoms with Gasteiger partial charge in [0, 0.05) is 30.7 Å². The third-order valence-electron chi connectivity index (χ3n) is 4.44. The summed E-state index contributed by atoms with van der Waals surface area (Å²) in [5.74, 6) is -0.408. The molecule has 0 saturated carbocycles. The topological polar surface area (TPSA) is 68.5 Å². The van der Waals surface area contributed by atoms with Crippen LogP contribution in [0.25, 0.3) is 16.8 Å². The lowest BCUT2D eigenvalue weighted by molar-refractivity contribution is 0.0526. The molecule has 0 aliphatic carbocycles. The van der Waals surface area contributed by atoms with Crippen LogP contribution in [-0.2, 0) is 11.3 Å². The molecular weight excluding hydrogens is 388 g/mol. The number of aromatic nitrogens is 3. The van der Waals surface area contributed by atoms with E-state index in [-0.39, 0.29) is 0 Å². The normalized spacial score (nSPS) is 10.8. The summed E-state index contributed by atoms with van der Waals surface area (Å²) in [6, 6.07) is 15.5. The van der Waals surface area contributed by atoms with Gasteiger partial charge in [0.25, 0.3) is 0 Å². The number of carbonyl (C=O) groups is 1. The van der Waals surface area contributed by atoms with Crippen molar-refractivity contribution in [1.82, 2.24) is 14.6 Å². The van der Waals surface area contributed by atoms with Crippen LogP contribution in [0.1, 0.15) is 22.8 Å². The molecule has 6 nitrogen and oxygen atoms in total. The van der Waals surface area contributed by atoms with Crippen LogP contribution in [0.15, 0.2) is 67.1 Å². The maximum Gasteiger partial charge on any atom is 0.339 e. The quantitative estimate of drug-likeness (QED) is 0.464. The number of carbonyl (C=O) groups excluding carboxylic acids is 1. The maximum absolute atomic E-state index is 12.1. The van der Waals surface area contributed by atoms with Gasteiger partial charge in [-0.2, -0.15) is 5.10 Å². The molecule has 0 saturated heterocycles. The highest BCUT2D eigenvalue weighted by molar-refractivity contribution is 6.34. The lowest BCUT2D eigenvalue weighted by Gasteiger charge is -2.12. The van der Waals surface area contributed by atoms with Gasteiger partial charge in [0.2, 0.25) is 0 Å². The average Bonchev–Trinajstić information content (AvgIpc) is 3.14. The Morgan fingerprint density at radius 3 is 2.79 bits per heavy atom. The Balaban J connectivity index is 1.72. The van der Waals surface area contributed by atoms with E-state index in [1.54, 1.807) is 36.0 Å². The molecule has 0 atom stereocenters. The molecule has 3 heterocycles. The fraction of sp³-hybridized carbons (Fsp3) is 0.136. The van der Waals surface area contributed by atoms with Crippen LogP contribution in [0.2, 0.25) is 5.02 Å². The molecule has 146 valence electrons. The molecule has 4 rings (SSSR count). The largest absolute Gasteiger partial charge is 0.462 e. The van der Waals surface area contributed by atoms with Gasteiger partial charge in [-0.05, 0) is 30.7 Å². The molecule has 1 aromatic carbocycles. The van der Waals surface area contributed by atoms with Gasteiger partial charge >= 0.3 is 5.97 Å². The molecule has 0 amide bonds. The van der Waals surface area contributed by atoms with E-state index in [1.165, 1.54) is 6.20 Å². The smallest absolute Gasteiger partial charge is 0.339 e. The summed E-state index contributed by atoms with van der Waals surface area (Å²) in [4.78, 5) is 16.2. The zero-order chi connectivity index (χ0) is 20.2. The second kappa shape index (κ2) is 8.32. The second-order valence-corrected chi connectivity index (χ2v) is 6.83. The number of nitrogens with one attached hydrogen (secondary N) is 1. The van der Waals surface area contributed by atoms with Gasteiger partial charge in [0.05, 0.1) is 28.6 Å². The minimum atomic E-state index is -0.408. The third-order valence-corrected chi connectivity index (χ3v) is 4.74. The van der Waals surface area contributed by atoms with Gasteiger partial charge in [-0.25, -0.2) is 9.31 Å². The second-order valence-electron chi connectivity index (χ2n) is 6.42. The first-order chi connectivity index (χ1) is 14.2. The van der Waals surface area contributed by atoms with Crippen molar-refractivity contribution in [3.05, 3.63) is 83.3 Å². The number of ether oxygens (including phenoxy) is 1. The number of pyridine rings is 1. The number of fused-ring (bicyclic) bond motifs is 1. The molecule has 1 N–H and O–H groups in total. The van der Waals surface area contributed by atoms with Gasteiger partial charge in [-0.1, -0.05) is 41.9 Å². The predicted molar refractivity (Wildman–Crippen MR) is 113 cm³/mol. The summed E-state index contributed by atoms with van der Waals surface area (Å²) in [5.41, 5.74) is 4.55. The maximum atomic E-state index is 12.1. The monoisotopic (exact) mass is 406 g/mol. The zero-order valence-corrected chi connectivity index (χ0v) is 16.6. The van der Waals surface area contributed by atoms with Crippen molar-refractivity contribution < 1.29 is 9.53 Å². The van der Waals surface area contributed by atoms with E-state index >= 15 is 0 Å². The predicted octanol–water partition coefficient (Wildman–Crippen LogP) is 4.84. The molecule has 29 heavy (non-hydrogen) atoms. The van der Waals surface area contributed by atoms with Crippen LogP contribution in [0.3, 0.4) is 0 Å². The molecule has 0 radical (unpaired) electrons. The molecular formula is C22H19ClN4O2. The van der Waals surface area contributed by atoms with Crippen molar-refractivity contribution in [3.63, 3.8) is 0 Å². The first-order valence-corrected chi connectivity index (χ1v) is 9.61. The number of nitrogens with zero attached hydrogens (tertiary/aromatic N) is 3. The first-order valence-electron chi connectivity index (χ1n) is 9.24. The zero-order valence-electron chi connectivity index (χ0n) is 15.8. The van der Waals surface area contributed by atoms with Gasteiger partial charge in [-0.15, -0.1) is 0 Å². The van der Waals surface area contributed by atoms with Crippen LogP contribution < -0.4 is 5.32 Å². The van der Waals surface area contributed by atoms with E-state index < -0.39 is 5.97 Å². The Hall–Kier alpha value is -3.38. The number of anilines is 1. The minimum absolute atomic E-state index is 0.308. The summed E-state index contributed by atoms with van der Waals surface area (Å²) in [7, 11) is 0. The Labute approximate surface area is 173 Å². The van der Waals surface area contributed by atoms with Crippen LogP contribution >= 0.6 is 11.6 Å². The molecule has 3 aromatic heterocycles. The van der Waals surface area contributed by atoms with Crippen molar-refractivity contribution in [2.45, 2.75) is 13.5 Å². The van der Waals surface area contributed by atoms with Crippen LogP contribution in [-0.4, -0.2) is 27.2 Å². The number of rotatable bonds is 6. The van der Waals surface area contributed by atoms with Gasteiger partial charge in [0.1, 0.15) is 5.52 Å². The van der Waals surface area contributed by atoms with E-state index in [1.807, 2.05) is 24.3 Å². The lowest BCUT2D eigenvalue weighted by Crippen LogP contribution is -2.06. The van der Waals surface area contributed by atoms with E-state index in [0.717, 1.165) is 16.8 Å². The Morgan fingerprint density at radius 2 is 2.00 bits per heavy atom. The number of halogens is 1. The highest BCUT2D eigenvalue weighted by atomic mass is 35.5. The molecule has 0 fully saturated rings. The number of hydrogen-bond acceptors (Lipinski definition) is 5. The highest BCUT2D eigenvalue weighted by Crippen LogP contribution is 2.30. The Kier molecular flexibility index (Phi) is 5.44. The first kappa shape index (κ1) is 19.0. The van der Waals surface area contributed by atoms with Crippen molar-refractivity contribution in [2.75, 3.05) is 11.9 Å². The third kappa shape index (κ3) is 4.07. The Bertz CT molecular complexity index is 1160. The number of benzene rings is 1. The van der Waals surface area contributed by atoms with Gasteiger partial charge < -0.3 is 10.1 Å². The van der Waals surface area contributed by atoms with Crippen molar-refractivity contribution in [3.8, 4) is 11.3 Å². The SMILES string of the molecule is CCOC(=O)c1cncc(-c2cc(NCc3ccccc3)c3c(Cl)ccn3n2)c1. The van der Waals surface area contributed by atoms with Gasteiger partial charge in [-0.3, -0.25) is 4.98 Å². The van der Waals surface area contributed by atoms with E-state index in [0.29, 0.717) is 35.0 Å². The fourth-order valence-corrected chi connectivity index (χ4v) is 3.30. The van der Waals surface area contributed by atoms with Crippen LogP contribution in [0.5, 0.6) is 0 Å². The standard InChI is InChI=1S/C22H19ClN4O2/c1-2-29-22(28)17-10-16(13-24-14-17)19-11-20(21-18(23)8-9-27(21)26-19)25-12-15-6-4-3-5-7-15/h3-11,13-14,25H,2,12H2,1H3. The highest BCUT2D eigenvalue weighted by Gasteiger charge is 2.14. The van der Waals surface area contributed by atoms with Gasteiger partial charge in [0.15, 0.2) is 0 Å². The van der Waals surface area contributed by atoms with Crippen LogP contribution in [0, 0.1) is 0 Å². The number of hydrogen-bond donors (Lipinski definition) is 1. The molecule has 4 aromatic rings. The van der Waals surface area contributed by atoms with E-state index in [9.17, 15) is 4.79 Å². The molecule has 0 aliphatic rings. The molecule has 0 aliphatic heterocycles. The summed E-state index contributed by atoms with van der Waals surface area (Å²) in [6.45, 7) is 2.72. The fourth-order valence-electron chi connectivity index (χ4n) is 3.06. The van der Waals surface area contributed by atoms with Crippen molar-refractivity contribution in [2.24, 2.45) is 0 Å². The molecule has 0 spiro atoms. The minimum Gasteiger partial charge on any atom is -0.462 e. The average molecular weight is 407 g/mol. The summed E-state index contributed by atoms with van der Waals surface area (Å²) in [6.07, 6.45) is 4.96. The number of esters is 1.